The van der Waals surface area contributed by atoms with Gasteiger partial charge in [-0.25, -0.2) is 0 Å². The fourth-order valence-corrected chi connectivity index (χ4v) is 3.80. The highest BCUT2D eigenvalue weighted by Crippen LogP contribution is 2.24. The lowest BCUT2D eigenvalue weighted by Crippen LogP contribution is -2.38. The first-order chi connectivity index (χ1) is 9.53. The smallest absolute Gasteiger partial charge is 0.297 e. The van der Waals surface area contributed by atoms with Crippen LogP contribution in [0.5, 0.6) is 0 Å². The maximum atomic E-state index is 12.3. The van der Waals surface area contributed by atoms with Crippen LogP contribution in [0, 0.1) is 12.8 Å². The second-order valence-corrected chi connectivity index (χ2v) is 6.99. The van der Waals surface area contributed by atoms with E-state index in [2.05, 4.69) is 5.32 Å². The molecule has 2 rings (SSSR count). The summed E-state index contributed by atoms with van der Waals surface area (Å²) in [7, 11) is -3.67. The monoisotopic (exact) mass is 297 g/mol. The van der Waals surface area contributed by atoms with Crippen molar-refractivity contribution in [3.8, 4) is 0 Å². The van der Waals surface area contributed by atoms with Crippen LogP contribution >= 0.6 is 0 Å². The summed E-state index contributed by atoms with van der Waals surface area (Å²) in [5.74, 6) is 0.272. The van der Waals surface area contributed by atoms with E-state index in [1.807, 2.05) is 13.8 Å². The first-order valence-electron chi connectivity index (χ1n) is 7.23. The van der Waals surface area contributed by atoms with Gasteiger partial charge in [-0.3, -0.25) is 4.18 Å². The van der Waals surface area contributed by atoms with Crippen molar-refractivity contribution >= 4 is 10.1 Å². The zero-order valence-electron chi connectivity index (χ0n) is 12.1. The van der Waals surface area contributed by atoms with Crippen molar-refractivity contribution in [2.75, 3.05) is 13.1 Å². The molecule has 1 aliphatic heterocycles. The van der Waals surface area contributed by atoms with Gasteiger partial charge >= 0.3 is 0 Å². The molecule has 1 aromatic carbocycles. The van der Waals surface area contributed by atoms with E-state index in [0.717, 1.165) is 31.5 Å². The Balaban J connectivity index is 2.10. The van der Waals surface area contributed by atoms with E-state index in [4.69, 9.17) is 4.18 Å². The average Bonchev–Trinajstić information content (AvgIpc) is 2.46. The summed E-state index contributed by atoms with van der Waals surface area (Å²) < 4.78 is 30.1. The van der Waals surface area contributed by atoms with Gasteiger partial charge in [0.1, 0.15) is 0 Å². The molecule has 0 amide bonds. The number of hydrogen-bond acceptors (Lipinski definition) is 4. The molecule has 1 saturated heterocycles. The zero-order chi connectivity index (χ0) is 14.6. The summed E-state index contributed by atoms with van der Waals surface area (Å²) in [6, 6.07) is 6.80. The molecule has 0 radical (unpaired) electrons. The molecule has 2 atom stereocenters. The van der Waals surface area contributed by atoms with Gasteiger partial charge in [0.05, 0.1) is 11.0 Å². The Morgan fingerprint density at radius 3 is 2.60 bits per heavy atom. The number of piperidine rings is 1. The predicted octanol–water partition coefficient (Wildman–Crippen LogP) is 2.48. The van der Waals surface area contributed by atoms with Gasteiger partial charge in [0.15, 0.2) is 0 Å². The summed E-state index contributed by atoms with van der Waals surface area (Å²) in [5, 5.41) is 3.31. The van der Waals surface area contributed by atoms with Gasteiger partial charge < -0.3 is 5.32 Å². The van der Waals surface area contributed by atoms with Gasteiger partial charge in [-0.15, -0.1) is 0 Å². The average molecular weight is 297 g/mol. The lowest BCUT2D eigenvalue weighted by molar-refractivity contribution is 0.118. The summed E-state index contributed by atoms with van der Waals surface area (Å²) in [5.41, 5.74) is 1.03. The Morgan fingerprint density at radius 1 is 1.35 bits per heavy atom. The van der Waals surface area contributed by atoms with Crippen LogP contribution in [0.3, 0.4) is 0 Å². The van der Waals surface area contributed by atoms with Crippen LogP contribution in [0.25, 0.3) is 0 Å². The van der Waals surface area contributed by atoms with Crippen molar-refractivity contribution in [1.82, 2.24) is 5.32 Å². The molecule has 0 spiro atoms. The van der Waals surface area contributed by atoms with Gasteiger partial charge in [-0.2, -0.15) is 8.42 Å². The quantitative estimate of drug-likeness (QED) is 0.848. The Kier molecular flexibility index (Phi) is 5.18. The van der Waals surface area contributed by atoms with Crippen LogP contribution < -0.4 is 5.32 Å². The molecular weight excluding hydrogens is 274 g/mol. The minimum Gasteiger partial charge on any atom is -0.316 e. The molecule has 1 aliphatic rings. The number of benzene rings is 1. The summed E-state index contributed by atoms with van der Waals surface area (Å²) in [6.45, 7) is 5.75. The topological polar surface area (TPSA) is 55.4 Å². The normalized spacial score (nSPS) is 21.6. The van der Waals surface area contributed by atoms with E-state index in [-0.39, 0.29) is 16.9 Å². The summed E-state index contributed by atoms with van der Waals surface area (Å²) >= 11 is 0. The number of rotatable bonds is 5. The second kappa shape index (κ2) is 6.70. The van der Waals surface area contributed by atoms with E-state index in [9.17, 15) is 8.42 Å². The Hall–Kier alpha value is -0.910. The molecule has 112 valence electrons. The third kappa shape index (κ3) is 3.81. The Labute approximate surface area is 121 Å². The van der Waals surface area contributed by atoms with Crippen molar-refractivity contribution < 1.29 is 12.6 Å². The van der Waals surface area contributed by atoms with Crippen LogP contribution in [0.4, 0.5) is 0 Å². The van der Waals surface area contributed by atoms with E-state index in [0.29, 0.717) is 6.42 Å². The molecular formula is C15H23NO3S. The number of aryl methyl sites for hydroxylation is 1. The van der Waals surface area contributed by atoms with Gasteiger partial charge in [-0.1, -0.05) is 24.6 Å². The molecule has 0 bridgehead atoms. The molecule has 20 heavy (non-hydrogen) atoms. The van der Waals surface area contributed by atoms with Crippen LogP contribution in [0.15, 0.2) is 29.2 Å². The molecule has 4 nitrogen and oxygen atoms in total. The molecule has 5 heteroatoms. The molecule has 1 aromatic rings. The zero-order valence-corrected chi connectivity index (χ0v) is 12.9. The fourth-order valence-electron chi connectivity index (χ4n) is 2.60. The number of nitrogens with one attached hydrogen (secondary N) is 1. The SMILES string of the molecule is CCC(OS(=O)(=O)c1ccc(C)cc1)C1CCCNC1. The largest absolute Gasteiger partial charge is 0.316 e. The van der Waals surface area contributed by atoms with E-state index in [1.54, 1.807) is 24.3 Å². The van der Waals surface area contributed by atoms with Crippen molar-refractivity contribution in [1.29, 1.82) is 0 Å². The van der Waals surface area contributed by atoms with E-state index < -0.39 is 10.1 Å². The highest BCUT2D eigenvalue weighted by molar-refractivity contribution is 7.86. The van der Waals surface area contributed by atoms with Crippen molar-refractivity contribution in [3.05, 3.63) is 29.8 Å². The first kappa shape index (κ1) is 15.5. The first-order valence-corrected chi connectivity index (χ1v) is 8.64. The minimum atomic E-state index is -3.67. The summed E-state index contributed by atoms with van der Waals surface area (Å²) in [4.78, 5) is 0.241. The van der Waals surface area contributed by atoms with Crippen molar-refractivity contribution in [3.63, 3.8) is 0 Å². The van der Waals surface area contributed by atoms with Gasteiger partial charge in [-0.05, 0) is 50.8 Å². The number of hydrogen-bond donors (Lipinski definition) is 1. The van der Waals surface area contributed by atoms with Crippen molar-refractivity contribution in [2.24, 2.45) is 5.92 Å². The van der Waals surface area contributed by atoms with Crippen molar-refractivity contribution in [2.45, 2.75) is 44.1 Å². The van der Waals surface area contributed by atoms with Gasteiger partial charge in [0.2, 0.25) is 0 Å². The van der Waals surface area contributed by atoms with Gasteiger partial charge in [0, 0.05) is 6.54 Å². The molecule has 0 aromatic heterocycles. The highest BCUT2D eigenvalue weighted by atomic mass is 32.2. The third-order valence-electron chi connectivity index (χ3n) is 3.82. The predicted molar refractivity (Wildman–Crippen MR) is 79.1 cm³/mol. The Morgan fingerprint density at radius 2 is 2.05 bits per heavy atom. The van der Waals surface area contributed by atoms with Crippen LogP contribution in [0.2, 0.25) is 0 Å². The molecule has 0 aliphatic carbocycles. The lowest BCUT2D eigenvalue weighted by Gasteiger charge is -2.29. The van der Waals surface area contributed by atoms with Crippen LogP contribution in [-0.2, 0) is 14.3 Å². The second-order valence-electron chi connectivity index (χ2n) is 5.42. The minimum absolute atomic E-state index is 0.241. The maximum Gasteiger partial charge on any atom is 0.297 e. The third-order valence-corrected chi connectivity index (χ3v) is 5.17. The maximum absolute atomic E-state index is 12.3. The van der Waals surface area contributed by atoms with E-state index in [1.165, 1.54) is 0 Å². The summed E-state index contributed by atoms with van der Waals surface area (Å²) in [6.07, 6.45) is 2.57. The fraction of sp³-hybridized carbons (Fsp3) is 0.600. The molecule has 2 unspecified atom stereocenters. The molecule has 0 saturated carbocycles. The Bertz CT molecular complexity index is 519. The standard InChI is InChI=1S/C15H23NO3S/c1-3-15(13-5-4-10-16-11-13)19-20(17,18)14-8-6-12(2)7-9-14/h6-9,13,15-16H,3-5,10-11H2,1-2H3. The van der Waals surface area contributed by atoms with Crippen LogP contribution in [-0.4, -0.2) is 27.6 Å². The van der Waals surface area contributed by atoms with E-state index >= 15 is 0 Å². The highest BCUT2D eigenvalue weighted by Gasteiger charge is 2.28. The molecule has 1 N–H and O–H groups in total. The van der Waals surface area contributed by atoms with Gasteiger partial charge in [0.25, 0.3) is 10.1 Å². The van der Waals surface area contributed by atoms with Crippen LogP contribution in [0.1, 0.15) is 31.7 Å². The molecule has 1 fully saturated rings. The lowest BCUT2D eigenvalue weighted by atomic mass is 9.92. The molecule has 1 heterocycles.